The Morgan fingerprint density at radius 2 is 1.88 bits per heavy atom. The SMILES string of the molecule is CC(=O)OC[C@H](OC(C)=O)[C@H]1OC(=O)C(O)=C1OCc1ccccc1. The Balaban J connectivity index is 2.16. The molecule has 0 aliphatic carbocycles. The van der Waals surface area contributed by atoms with Crippen molar-refractivity contribution in [3.63, 3.8) is 0 Å². The molecule has 134 valence electrons. The lowest BCUT2D eigenvalue weighted by Gasteiger charge is -2.23. The molecule has 1 aliphatic heterocycles. The van der Waals surface area contributed by atoms with E-state index in [1.807, 2.05) is 18.2 Å². The first kappa shape index (κ1) is 18.3. The van der Waals surface area contributed by atoms with Crippen molar-refractivity contribution in [2.75, 3.05) is 6.61 Å². The minimum Gasteiger partial charge on any atom is -0.499 e. The van der Waals surface area contributed by atoms with Crippen molar-refractivity contribution in [2.45, 2.75) is 32.7 Å². The average molecular weight is 350 g/mol. The molecule has 1 aliphatic rings. The van der Waals surface area contributed by atoms with Gasteiger partial charge in [0.15, 0.2) is 11.9 Å². The summed E-state index contributed by atoms with van der Waals surface area (Å²) in [6.07, 6.45) is -2.35. The Morgan fingerprint density at radius 1 is 1.20 bits per heavy atom. The smallest absolute Gasteiger partial charge is 0.378 e. The molecule has 1 heterocycles. The van der Waals surface area contributed by atoms with Crippen LogP contribution in [0.1, 0.15) is 19.4 Å². The summed E-state index contributed by atoms with van der Waals surface area (Å²) in [5.41, 5.74) is 0.796. The summed E-state index contributed by atoms with van der Waals surface area (Å²) >= 11 is 0. The van der Waals surface area contributed by atoms with Crippen LogP contribution in [0.15, 0.2) is 41.9 Å². The van der Waals surface area contributed by atoms with Gasteiger partial charge in [0.05, 0.1) is 0 Å². The Morgan fingerprint density at radius 3 is 2.48 bits per heavy atom. The minimum atomic E-state index is -1.21. The lowest BCUT2D eigenvalue weighted by atomic mass is 10.1. The molecule has 0 saturated heterocycles. The van der Waals surface area contributed by atoms with Crippen LogP contribution in [0.2, 0.25) is 0 Å². The van der Waals surface area contributed by atoms with Crippen LogP contribution in [0.3, 0.4) is 0 Å². The van der Waals surface area contributed by atoms with Crippen LogP contribution in [0.5, 0.6) is 0 Å². The number of carbonyl (C=O) groups excluding carboxylic acids is 3. The summed E-state index contributed by atoms with van der Waals surface area (Å²) in [4.78, 5) is 34.0. The largest absolute Gasteiger partial charge is 0.499 e. The molecule has 0 fully saturated rings. The molecular formula is C17H18O8. The van der Waals surface area contributed by atoms with Crippen molar-refractivity contribution in [1.29, 1.82) is 0 Å². The van der Waals surface area contributed by atoms with Crippen LogP contribution in [0.4, 0.5) is 0 Å². The van der Waals surface area contributed by atoms with Gasteiger partial charge in [-0.25, -0.2) is 4.79 Å². The summed E-state index contributed by atoms with van der Waals surface area (Å²) < 4.78 is 20.4. The molecule has 0 bridgehead atoms. The van der Waals surface area contributed by atoms with E-state index in [0.717, 1.165) is 12.5 Å². The lowest BCUT2D eigenvalue weighted by Crippen LogP contribution is -2.37. The van der Waals surface area contributed by atoms with Crippen LogP contribution in [0.25, 0.3) is 0 Å². The third-order valence-electron chi connectivity index (χ3n) is 3.26. The fourth-order valence-electron chi connectivity index (χ4n) is 2.19. The number of aliphatic hydroxyl groups excluding tert-OH is 1. The molecule has 0 radical (unpaired) electrons. The van der Waals surface area contributed by atoms with Gasteiger partial charge in [0.25, 0.3) is 0 Å². The van der Waals surface area contributed by atoms with Gasteiger partial charge in [-0.05, 0) is 5.56 Å². The highest BCUT2D eigenvalue weighted by Crippen LogP contribution is 2.27. The van der Waals surface area contributed by atoms with Gasteiger partial charge in [-0.2, -0.15) is 0 Å². The van der Waals surface area contributed by atoms with E-state index in [-0.39, 0.29) is 19.0 Å². The minimum absolute atomic E-state index is 0.0632. The molecular weight excluding hydrogens is 332 g/mol. The average Bonchev–Trinajstić information content (AvgIpc) is 2.85. The number of carbonyl (C=O) groups is 3. The standard InChI is InChI=1S/C17H18O8/c1-10(18)22-9-13(24-11(2)19)15-16(14(20)17(21)25-15)23-8-12-6-4-3-5-7-12/h3-7,13,15,20H,8-9H2,1-2H3/t13-,15+/m0/s1. The van der Waals surface area contributed by atoms with Crippen LogP contribution < -0.4 is 0 Å². The predicted molar refractivity (Wildman–Crippen MR) is 83.0 cm³/mol. The zero-order valence-corrected chi connectivity index (χ0v) is 13.8. The first-order valence-electron chi connectivity index (χ1n) is 7.50. The van der Waals surface area contributed by atoms with Gasteiger partial charge < -0.3 is 24.1 Å². The monoisotopic (exact) mass is 350 g/mol. The predicted octanol–water partition coefficient (Wildman–Crippen LogP) is 1.39. The van der Waals surface area contributed by atoms with Gasteiger partial charge in [-0.3, -0.25) is 9.59 Å². The Hall–Kier alpha value is -3.03. The summed E-state index contributed by atoms with van der Waals surface area (Å²) in [5.74, 6) is -3.15. The number of aliphatic hydroxyl groups is 1. The number of esters is 3. The second kappa shape index (κ2) is 8.18. The number of cyclic esters (lactones) is 1. The number of rotatable bonds is 7. The van der Waals surface area contributed by atoms with Crippen molar-refractivity contribution in [3.05, 3.63) is 47.4 Å². The zero-order valence-electron chi connectivity index (χ0n) is 13.8. The van der Waals surface area contributed by atoms with E-state index in [9.17, 15) is 19.5 Å². The molecule has 2 atom stereocenters. The number of benzene rings is 1. The van der Waals surface area contributed by atoms with E-state index in [2.05, 4.69) is 0 Å². The second-order valence-corrected chi connectivity index (χ2v) is 5.26. The summed E-state index contributed by atoms with van der Waals surface area (Å²) in [5, 5.41) is 9.90. The third-order valence-corrected chi connectivity index (χ3v) is 3.26. The molecule has 25 heavy (non-hydrogen) atoms. The molecule has 8 heteroatoms. The van der Waals surface area contributed by atoms with Gasteiger partial charge in [-0.15, -0.1) is 0 Å². The molecule has 2 rings (SSSR count). The highest BCUT2D eigenvalue weighted by Gasteiger charge is 2.43. The highest BCUT2D eigenvalue weighted by molar-refractivity contribution is 5.89. The van der Waals surface area contributed by atoms with Crippen molar-refractivity contribution in [1.82, 2.24) is 0 Å². The van der Waals surface area contributed by atoms with Crippen molar-refractivity contribution >= 4 is 17.9 Å². The first-order chi connectivity index (χ1) is 11.9. The maximum absolute atomic E-state index is 11.7. The fourth-order valence-corrected chi connectivity index (χ4v) is 2.19. The van der Waals surface area contributed by atoms with E-state index in [0.29, 0.717) is 0 Å². The molecule has 1 aromatic rings. The van der Waals surface area contributed by atoms with E-state index < -0.39 is 35.9 Å². The molecule has 0 amide bonds. The van der Waals surface area contributed by atoms with Crippen LogP contribution in [-0.2, 0) is 39.9 Å². The quantitative estimate of drug-likeness (QED) is 0.580. The van der Waals surface area contributed by atoms with Gasteiger partial charge in [0.2, 0.25) is 11.9 Å². The van der Waals surface area contributed by atoms with Crippen molar-refractivity contribution in [2.24, 2.45) is 0 Å². The van der Waals surface area contributed by atoms with E-state index in [4.69, 9.17) is 18.9 Å². The van der Waals surface area contributed by atoms with Gasteiger partial charge >= 0.3 is 17.9 Å². The van der Waals surface area contributed by atoms with Crippen molar-refractivity contribution in [3.8, 4) is 0 Å². The zero-order chi connectivity index (χ0) is 18.4. The second-order valence-electron chi connectivity index (χ2n) is 5.26. The Kier molecular flexibility index (Phi) is 5.99. The number of hydrogen-bond donors (Lipinski definition) is 1. The molecule has 8 nitrogen and oxygen atoms in total. The van der Waals surface area contributed by atoms with Crippen LogP contribution in [0, 0.1) is 0 Å². The molecule has 0 aromatic heterocycles. The molecule has 1 aromatic carbocycles. The van der Waals surface area contributed by atoms with Crippen LogP contribution >= 0.6 is 0 Å². The van der Waals surface area contributed by atoms with E-state index in [1.165, 1.54) is 6.92 Å². The van der Waals surface area contributed by atoms with Gasteiger partial charge in [0, 0.05) is 13.8 Å². The lowest BCUT2D eigenvalue weighted by molar-refractivity contribution is -0.169. The third kappa shape index (κ3) is 4.97. The van der Waals surface area contributed by atoms with E-state index >= 15 is 0 Å². The summed E-state index contributed by atoms with van der Waals surface area (Å²) in [7, 11) is 0. The Labute approximate surface area is 143 Å². The highest BCUT2D eigenvalue weighted by atomic mass is 16.6. The normalized spacial score (nSPS) is 17.7. The first-order valence-corrected chi connectivity index (χ1v) is 7.50. The van der Waals surface area contributed by atoms with Crippen molar-refractivity contribution < 1.29 is 38.4 Å². The van der Waals surface area contributed by atoms with Crippen LogP contribution in [-0.4, -0.2) is 41.8 Å². The fraction of sp³-hybridized carbons (Fsp3) is 0.353. The Bertz CT molecular complexity index is 679. The van der Waals surface area contributed by atoms with E-state index in [1.54, 1.807) is 12.1 Å². The topological polar surface area (TPSA) is 108 Å². The summed E-state index contributed by atoms with van der Waals surface area (Å²) in [6.45, 7) is 2.06. The molecule has 1 N–H and O–H groups in total. The number of hydrogen-bond acceptors (Lipinski definition) is 8. The summed E-state index contributed by atoms with van der Waals surface area (Å²) in [6, 6.07) is 9.05. The molecule has 0 unspecified atom stereocenters. The maximum Gasteiger partial charge on any atom is 0.378 e. The number of ether oxygens (including phenoxy) is 4. The van der Waals surface area contributed by atoms with Gasteiger partial charge in [-0.1, -0.05) is 30.3 Å². The molecule has 0 spiro atoms. The maximum atomic E-state index is 11.7. The van der Waals surface area contributed by atoms with Gasteiger partial charge in [0.1, 0.15) is 13.2 Å². The molecule has 0 saturated carbocycles.